The van der Waals surface area contributed by atoms with Gasteiger partial charge in [0.25, 0.3) is 0 Å². The molecule has 0 radical (unpaired) electrons. The second-order valence-corrected chi connectivity index (χ2v) is 4.25. The van der Waals surface area contributed by atoms with E-state index in [1.54, 1.807) is 0 Å². The maximum absolute atomic E-state index is 11.8. The summed E-state index contributed by atoms with van der Waals surface area (Å²) in [7, 11) is 1.90. The Hall–Kier alpha value is -0.610. The Balaban J connectivity index is 1.77. The molecule has 0 bridgehead atoms. The average molecular weight is 198 g/mol. The molecule has 1 unspecified atom stereocenters. The van der Waals surface area contributed by atoms with Crippen LogP contribution in [0.4, 0.5) is 0 Å². The molecule has 0 saturated carbocycles. The van der Waals surface area contributed by atoms with Crippen molar-refractivity contribution in [1.29, 1.82) is 0 Å². The second kappa shape index (κ2) is 4.28. The zero-order chi connectivity index (χ0) is 9.97. The molecule has 0 aromatic rings. The summed E-state index contributed by atoms with van der Waals surface area (Å²) < 4.78 is 5.27. The number of nitrogens with zero attached hydrogens (tertiary/aromatic N) is 1. The van der Waals surface area contributed by atoms with Crippen LogP contribution in [0.1, 0.15) is 12.8 Å². The summed E-state index contributed by atoms with van der Waals surface area (Å²) in [4.78, 5) is 13.6. The highest BCUT2D eigenvalue weighted by atomic mass is 16.5. The van der Waals surface area contributed by atoms with Crippen LogP contribution in [-0.4, -0.2) is 50.2 Å². The minimum absolute atomic E-state index is 0.270. The van der Waals surface area contributed by atoms with Gasteiger partial charge in [0.2, 0.25) is 5.91 Å². The Labute approximate surface area is 84.6 Å². The molecule has 2 heterocycles. The van der Waals surface area contributed by atoms with Crippen molar-refractivity contribution in [3.63, 3.8) is 0 Å². The van der Waals surface area contributed by atoms with E-state index < -0.39 is 0 Å². The highest BCUT2D eigenvalue weighted by Crippen LogP contribution is 2.15. The minimum Gasteiger partial charge on any atom is -0.379 e. The van der Waals surface area contributed by atoms with Gasteiger partial charge in [0.05, 0.1) is 12.6 Å². The molecule has 2 saturated heterocycles. The van der Waals surface area contributed by atoms with E-state index in [0.717, 1.165) is 26.1 Å². The average Bonchev–Trinajstić information content (AvgIpc) is 2.62. The van der Waals surface area contributed by atoms with Crippen LogP contribution in [0.2, 0.25) is 0 Å². The zero-order valence-electron chi connectivity index (χ0n) is 8.66. The van der Waals surface area contributed by atoms with Gasteiger partial charge in [-0.05, 0) is 25.4 Å². The van der Waals surface area contributed by atoms with Crippen LogP contribution in [0, 0.1) is 5.92 Å². The van der Waals surface area contributed by atoms with Crippen LogP contribution in [0.25, 0.3) is 0 Å². The Bertz CT molecular complexity index is 210. The number of carbonyl (C=O) groups excluding carboxylic acids is 1. The summed E-state index contributed by atoms with van der Waals surface area (Å²) in [5.41, 5.74) is 0. The number of nitrogens with one attached hydrogen (secondary N) is 1. The normalized spacial score (nSPS) is 27.4. The Kier molecular flexibility index (Phi) is 3.03. The zero-order valence-corrected chi connectivity index (χ0v) is 8.66. The predicted octanol–water partition coefficient (Wildman–Crippen LogP) is -0.157. The standard InChI is InChI=1S/C10H18N2O2/c1-12(9-2-3-14-7-9)10(13)4-8-5-11-6-8/h8-9,11H,2-7H2,1H3. The molecule has 4 nitrogen and oxygen atoms in total. The first kappa shape index (κ1) is 9.93. The number of ether oxygens (including phenoxy) is 1. The number of carbonyl (C=O) groups is 1. The van der Waals surface area contributed by atoms with Crippen LogP contribution >= 0.6 is 0 Å². The van der Waals surface area contributed by atoms with E-state index in [9.17, 15) is 4.79 Å². The lowest BCUT2D eigenvalue weighted by molar-refractivity contribution is -0.133. The van der Waals surface area contributed by atoms with Crippen molar-refractivity contribution in [2.45, 2.75) is 18.9 Å². The van der Waals surface area contributed by atoms with E-state index in [1.807, 2.05) is 11.9 Å². The summed E-state index contributed by atoms with van der Waals surface area (Å²) >= 11 is 0. The first-order chi connectivity index (χ1) is 6.77. The van der Waals surface area contributed by atoms with Gasteiger partial charge in [-0.15, -0.1) is 0 Å². The van der Waals surface area contributed by atoms with E-state index >= 15 is 0 Å². The van der Waals surface area contributed by atoms with Gasteiger partial charge in [0, 0.05) is 20.1 Å². The molecular formula is C10H18N2O2. The lowest BCUT2D eigenvalue weighted by atomic mass is 9.98. The van der Waals surface area contributed by atoms with Crippen LogP contribution in [-0.2, 0) is 9.53 Å². The van der Waals surface area contributed by atoms with Crippen LogP contribution in [0.5, 0.6) is 0 Å². The quantitative estimate of drug-likeness (QED) is 0.685. The molecule has 1 N–H and O–H groups in total. The third-order valence-electron chi connectivity index (χ3n) is 3.18. The van der Waals surface area contributed by atoms with Crippen LogP contribution in [0.3, 0.4) is 0 Å². The second-order valence-electron chi connectivity index (χ2n) is 4.25. The van der Waals surface area contributed by atoms with Gasteiger partial charge in [-0.2, -0.15) is 0 Å². The Morgan fingerprint density at radius 2 is 2.36 bits per heavy atom. The van der Waals surface area contributed by atoms with Crippen molar-refractivity contribution in [2.75, 3.05) is 33.4 Å². The highest BCUT2D eigenvalue weighted by Gasteiger charge is 2.27. The smallest absolute Gasteiger partial charge is 0.223 e. The molecule has 2 aliphatic heterocycles. The SMILES string of the molecule is CN(C(=O)CC1CNC1)C1CCOC1. The summed E-state index contributed by atoms with van der Waals surface area (Å²) in [6.45, 7) is 3.51. The third-order valence-corrected chi connectivity index (χ3v) is 3.18. The summed E-state index contributed by atoms with van der Waals surface area (Å²) in [5, 5.41) is 3.18. The Morgan fingerprint density at radius 3 is 2.86 bits per heavy atom. The molecule has 0 aromatic carbocycles. The molecule has 2 aliphatic rings. The molecule has 2 rings (SSSR count). The molecular weight excluding hydrogens is 180 g/mol. The van der Waals surface area contributed by atoms with Crippen molar-refractivity contribution in [3.05, 3.63) is 0 Å². The van der Waals surface area contributed by atoms with Gasteiger partial charge < -0.3 is 15.0 Å². The maximum atomic E-state index is 11.8. The molecule has 0 aliphatic carbocycles. The van der Waals surface area contributed by atoms with Crippen molar-refractivity contribution >= 4 is 5.91 Å². The number of hydrogen-bond acceptors (Lipinski definition) is 3. The lowest BCUT2D eigenvalue weighted by Gasteiger charge is -2.30. The van der Waals surface area contributed by atoms with Crippen molar-refractivity contribution in [1.82, 2.24) is 10.2 Å². The van der Waals surface area contributed by atoms with E-state index in [-0.39, 0.29) is 5.91 Å². The number of rotatable bonds is 3. The highest BCUT2D eigenvalue weighted by molar-refractivity contribution is 5.76. The van der Waals surface area contributed by atoms with Crippen molar-refractivity contribution in [3.8, 4) is 0 Å². The van der Waals surface area contributed by atoms with Gasteiger partial charge in [0.1, 0.15) is 0 Å². The summed E-state index contributed by atoms with van der Waals surface area (Å²) in [6.07, 6.45) is 1.69. The van der Waals surface area contributed by atoms with Crippen LogP contribution < -0.4 is 5.32 Å². The molecule has 0 aromatic heterocycles. The fraction of sp³-hybridized carbons (Fsp3) is 0.900. The van der Waals surface area contributed by atoms with Gasteiger partial charge in [-0.1, -0.05) is 0 Å². The van der Waals surface area contributed by atoms with E-state index in [2.05, 4.69) is 5.32 Å². The number of hydrogen-bond donors (Lipinski definition) is 1. The lowest BCUT2D eigenvalue weighted by Crippen LogP contribution is -2.46. The largest absolute Gasteiger partial charge is 0.379 e. The maximum Gasteiger partial charge on any atom is 0.223 e. The van der Waals surface area contributed by atoms with Gasteiger partial charge in [-0.3, -0.25) is 4.79 Å². The fourth-order valence-electron chi connectivity index (χ4n) is 1.91. The van der Waals surface area contributed by atoms with Gasteiger partial charge in [0.15, 0.2) is 0 Å². The fourth-order valence-corrected chi connectivity index (χ4v) is 1.91. The Morgan fingerprint density at radius 1 is 1.57 bits per heavy atom. The predicted molar refractivity (Wildman–Crippen MR) is 53.0 cm³/mol. The third kappa shape index (κ3) is 2.07. The van der Waals surface area contributed by atoms with Gasteiger partial charge in [-0.25, -0.2) is 0 Å². The molecule has 1 atom stereocenters. The molecule has 14 heavy (non-hydrogen) atoms. The van der Waals surface area contributed by atoms with Crippen LogP contribution in [0.15, 0.2) is 0 Å². The molecule has 0 spiro atoms. The number of amides is 1. The van der Waals surface area contributed by atoms with Crippen molar-refractivity contribution in [2.24, 2.45) is 5.92 Å². The molecule has 80 valence electrons. The first-order valence-corrected chi connectivity index (χ1v) is 5.31. The molecule has 4 heteroatoms. The number of likely N-dealkylation sites (N-methyl/N-ethyl adjacent to an activating group) is 1. The molecule has 2 fully saturated rings. The first-order valence-electron chi connectivity index (χ1n) is 5.31. The monoisotopic (exact) mass is 198 g/mol. The molecule has 1 amide bonds. The van der Waals surface area contributed by atoms with E-state index in [4.69, 9.17) is 4.74 Å². The summed E-state index contributed by atoms with van der Waals surface area (Å²) in [6, 6.07) is 0.315. The summed E-state index contributed by atoms with van der Waals surface area (Å²) in [5.74, 6) is 0.833. The van der Waals surface area contributed by atoms with E-state index in [1.165, 1.54) is 0 Å². The topological polar surface area (TPSA) is 41.6 Å². The minimum atomic E-state index is 0.270. The van der Waals surface area contributed by atoms with E-state index in [0.29, 0.717) is 25.0 Å². The van der Waals surface area contributed by atoms with Gasteiger partial charge >= 0.3 is 0 Å². The van der Waals surface area contributed by atoms with Crippen molar-refractivity contribution < 1.29 is 9.53 Å².